The lowest BCUT2D eigenvalue weighted by Crippen LogP contribution is -2.05. The lowest BCUT2D eigenvalue weighted by atomic mass is 10.2. The molecule has 0 saturated heterocycles. The molecule has 0 saturated carbocycles. The Labute approximate surface area is 108 Å². The van der Waals surface area contributed by atoms with Crippen LogP contribution in [0.1, 0.15) is 17.2 Å². The average molecular weight is 267 g/mol. The first-order valence-corrected chi connectivity index (χ1v) is 5.66. The minimum absolute atomic E-state index is 0.0175. The van der Waals surface area contributed by atoms with Gasteiger partial charge in [-0.25, -0.2) is 9.67 Å². The Hall–Kier alpha value is -1.95. The van der Waals surface area contributed by atoms with Crippen LogP contribution in [-0.2, 0) is 6.54 Å². The minimum atomic E-state index is -0.445. The molecule has 0 aliphatic rings. The van der Waals surface area contributed by atoms with Crippen LogP contribution in [0, 0.1) is 24.0 Å². The van der Waals surface area contributed by atoms with Gasteiger partial charge in [0, 0.05) is 17.2 Å². The summed E-state index contributed by atoms with van der Waals surface area (Å²) >= 11 is 6.03. The molecule has 0 aliphatic carbocycles. The molecule has 0 aliphatic heterocycles. The molecule has 94 valence electrons. The van der Waals surface area contributed by atoms with Crippen LogP contribution in [0.3, 0.4) is 0 Å². The molecular formula is C11H11ClN4O2. The van der Waals surface area contributed by atoms with E-state index >= 15 is 0 Å². The average Bonchev–Trinajstić information content (AvgIpc) is 2.60. The summed E-state index contributed by atoms with van der Waals surface area (Å²) in [7, 11) is 0. The minimum Gasteiger partial charge on any atom is -0.258 e. The number of aromatic nitrogens is 3. The maximum Gasteiger partial charge on any atom is 0.269 e. The number of non-ortho nitro benzene ring substituents is 1. The van der Waals surface area contributed by atoms with E-state index < -0.39 is 4.92 Å². The summed E-state index contributed by atoms with van der Waals surface area (Å²) in [5, 5.41) is 15.4. The van der Waals surface area contributed by atoms with Gasteiger partial charge in [-0.3, -0.25) is 10.1 Å². The van der Waals surface area contributed by atoms with Gasteiger partial charge >= 0.3 is 0 Å². The van der Waals surface area contributed by atoms with E-state index in [9.17, 15) is 10.1 Å². The SMILES string of the molecule is Cc1nc(C)n(Cc2cc([N+](=O)[O-])ccc2Cl)n1. The van der Waals surface area contributed by atoms with Crippen molar-refractivity contribution in [2.75, 3.05) is 0 Å². The third-order valence-corrected chi connectivity index (χ3v) is 2.89. The topological polar surface area (TPSA) is 73.8 Å². The smallest absolute Gasteiger partial charge is 0.258 e. The van der Waals surface area contributed by atoms with Gasteiger partial charge in [-0.2, -0.15) is 5.10 Å². The molecule has 6 nitrogen and oxygen atoms in total. The second kappa shape index (κ2) is 4.73. The van der Waals surface area contributed by atoms with E-state index in [0.717, 1.165) is 5.82 Å². The largest absolute Gasteiger partial charge is 0.269 e. The van der Waals surface area contributed by atoms with E-state index in [1.807, 2.05) is 6.92 Å². The van der Waals surface area contributed by atoms with Crippen LogP contribution in [-0.4, -0.2) is 19.7 Å². The first-order chi connectivity index (χ1) is 8.47. The summed E-state index contributed by atoms with van der Waals surface area (Å²) in [4.78, 5) is 14.4. The number of rotatable bonds is 3. The first kappa shape index (κ1) is 12.5. The van der Waals surface area contributed by atoms with Gasteiger partial charge in [0.05, 0.1) is 11.5 Å². The molecule has 0 spiro atoms. The molecule has 2 aromatic rings. The zero-order valence-corrected chi connectivity index (χ0v) is 10.7. The van der Waals surface area contributed by atoms with Crippen LogP contribution in [0.4, 0.5) is 5.69 Å². The molecule has 0 amide bonds. The molecule has 7 heteroatoms. The molecule has 1 aromatic heterocycles. The van der Waals surface area contributed by atoms with Gasteiger partial charge in [-0.05, 0) is 25.5 Å². The third kappa shape index (κ3) is 2.48. The third-order valence-electron chi connectivity index (χ3n) is 2.52. The molecule has 2 rings (SSSR count). The van der Waals surface area contributed by atoms with E-state index in [-0.39, 0.29) is 5.69 Å². The molecule has 0 fully saturated rings. The monoisotopic (exact) mass is 266 g/mol. The van der Waals surface area contributed by atoms with Gasteiger partial charge in [-0.1, -0.05) is 11.6 Å². The Morgan fingerprint density at radius 3 is 2.72 bits per heavy atom. The van der Waals surface area contributed by atoms with E-state index in [1.165, 1.54) is 18.2 Å². The summed E-state index contributed by atoms with van der Waals surface area (Å²) in [6.07, 6.45) is 0. The first-order valence-electron chi connectivity index (χ1n) is 5.28. The van der Waals surface area contributed by atoms with Crippen molar-refractivity contribution in [3.05, 3.63) is 50.5 Å². The van der Waals surface area contributed by atoms with E-state index in [4.69, 9.17) is 11.6 Å². The van der Waals surface area contributed by atoms with E-state index in [1.54, 1.807) is 11.6 Å². The Morgan fingerprint density at radius 1 is 1.44 bits per heavy atom. The highest BCUT2D eigenvalue weighted by Gasteiger charge is 2.12. The lowest BCUT2D eigenvalue weighted by Gasteiger charge is -2.05. The zero-order valence-electron chi connectivity index (χ0n) is 9.92. The van der Waals surface area contributed by atoms with Gasteiger partial charge in [0.15, 0.2) is 0 Å². The summed E-state index contributed by atoms with van der Waals surface area (Å²) in [6, 6.07) is 4.36. The Balaban J connectivity index is 2.36. The van der Waals surface area contributed by atoms with Crippen molar-refractivity contribution in [2.24, 2.45) is 0 Å². The van der Waals surface area contributed by atoms with Crippen LogP contribution in [0.15, 0.2) is 18.2 Å². The van der Waals surface area contributed by atoms with Gasteiger partial charge in [0.25, 0.3) is 5.69 Å². The van der Waals surface area contributed by atoms with Gasteiger partial charge in [-0.15, -0.1) is 0 Å². The molecule has 0 unspecified atom stereocenters. The normalized spacial score (nSPS) is 10.6. The number of nitro benzene ring substituents is 1. The highest BCUT2D eigenvalue weighted by molar-refractivity contribution is 6.31. The molecular weight excluding hydrogens is 256 g/mol. The maximum atomic E-state index is 10.7. The van der Waals surface area contributed by atoms with Crippen molar-refractivity contribution in [3.63, 3.8) is 0 Å². The van der Waals surface area contributed by atoms with Gasteiger partial charge < -0.3 is 0 Å². The van der Waals surface area contributed by atoms with E-state index in [0.29, 0.717) is 23.0 Å². The van der Waals surface area contributed by atoms with Crippen molar-refractivity contribution in [1.29, 1.82) is 0 Å². The number of nitrogens with zero attached hydrogens (tertiary/aromatic N) is 4. The van der Waals surface area contributed by atoms with Gasteiger partial charge in [0.2, 0.25) is 0 Å². The number of hydrogen-bond donors (Lipinski definition) is 0. The second-order valence-electron chi connectivity index (χ2n) is 3.90. The molecule has 18 heavy (non-hydrogen) atoms. The fraction of sp³-hybridized carbons (Fsp3) is 0.273. The Kier molecular flexibility index (Phi) is 3.29. The van der Waals surface area contributed by atoms with Crippen molar-refractivity contribution < 1.29 is 4.92 Å². The number of benzene rings is 1. The van der Waals surface area contributed by atoms with E-state index in [2.05, 4.69) is 10.1 Å². The second-order valence-corrected chi connectivity index (χ2v) is 4.30. The summed E-state index contributed by atoms with van der Waals surface area (Å²) < 4.78 is 1.67. The number of nitro groups is 1. The quantitative estimate of drug-likeness (QED) is 0.632. The number of halogens is 1. The Bertz CT molecular complexity index is 609. The predicted molar refractivity (Wildman–Crippen MR) is 66.7 cm³/mol. The van der Waals surface area contributed by atoms with Crippen LogP contribution in [0.5, 0.6) is 0 Å². The highest BCUT2D eigenvalue weighted by atomic mass is 35.5. The lowest BCUT2D eigenvalue weighted by molar-refractivity contribution is -0.384. The molecule has 0 atom stereocenters. The van der Waals surface area contributed by atoms with Crippen LogP contribution < -0.4 is 0 Å². The van der Waals surface area contributed by atoms with Crippen LogP contribution in [0.2, 0.25) is 5.02 Å². The highest BCUT2D eigenvalue weighted by Crippen LogP contribution is 2.22. The summed E-state index contributed by atoms with van der Waals surface area (Å²) in [6.45, 7) is 3.98. The maximum absolute atomic E-state index is 10.7. The van der Waals surface area contributed by atoms with Crippen molar-refractivity contribution in [3.8, 4) is 0 Å². The summed E-state index contributed by atoms with van der Waals surface area (Å²) in [5.74, 6) is 1.41. The predicted octanol–water partition coefficient (Wildman–Crippen LogP) is 2.50. The standard InChI is InChI=1S/C11H11ClN4O2/c1-7-13-8(2)15(14-7)6-9-5-10(16(17)18)3-4-11(9)12/h3-5H,6H2,1-2H3. The van der Waals surface area contributed by atoms with Crippen LogP contribution in [0.25, 0.3) is 0 Å². The van der Waals surface area contributed by atoms with Crippen molar-refractivity contribution >= 4 is 17.3 Å². The molecule has 1 heterocycles. The Morgan fingerprint density at radius 2 is 2.17 bits per heavy atom. The van der Waals surface area contributed by atoms with Gasteiger partial charge in [0.1, 0.15) is 11.6 Å². The molecule has 0 radical (unpaired) electrons. The summed E-state index contributed by atoms with van der Waals surface area (Å²) in [5.41, 5.74) is 0.669. The number of hydrogen-bond acceptors (Lipinski definition) is 4. The fourth-order valence-electron chi connectivity index (χ4n) is 1.67. The van der Waals surface area contributed by atoms with Crippen LogP contribution >= 0.6 is 11.6 Å². The molecule has 0 N–H and O–H groups in total. The van der Waals surface area contributed by atoms with Crippen molar-refractivity contribution in [1.82, 2.24) is 14.8 Å². The molecule has 0 bridgehead atoms. The molecule has 1 aromatic carbocycles. The zero-order chi connectivity index (χ0) is 13.3. The number of aryl methyl sites for hydroxylation is 2. The fourth-order valence-corrected chi connectivity index (χ4v) is 1.85. The van der Waals surface area contributed by atoms with Crippen molar-refractivity contribution in [2.45, 2.75) is 20.4 Å².